The summed E-state index contributed by atoms with van der Waals surface area (Å²) in [5, 5.41) is 43.0. The van der Waals surface area contributed by atoms with Crippen molar-refractivity contribution in [3.8, 4) is 23.0 Å². The van der Waals surface area contributed by atoms with Gasteiger partial charge in [-0.25, -0.2) is 0 Å². The monoisotopic (exact) mass is 934 g/mol. The summed E-state index contributed by atoms with van der Waals surface area (Å²) in [6.45, 7) is 9.12. The lowest BCUT2D eigenvalue weighted by molar-refractivity contribution is -0.0328. The molecule has 57 heavy (non-hydrogen) atoms. The number of benzene rings is 4. The molecule has 318 valence electrons. The van der Waals surface area contributed by atoms with Gasteiger partial charge in [-0.1, -0.05) is 113 Å². The topological polar surface area (TPSA) is 169 Å². The molecule has 1 unspecified atom stereocenters. The third-order valence-electron chi connectivity index (χ3n) is 6.50. The highest BCUT2D eigenvalue weighted by Crippen LogP contribution is 2.47. The average molecular weight is 937 g/mol. The summed E-state index contributed by atoms with van der Waals surface area (Å²) in [5.74, 6) is 1.76. The number of phenols is 1. The van der Waals surface area contributed by atoms with Gasteiger partial charge in [-0.05, 0) is 64.1 Å². The van der Waals surface area contributed by atoms with Crippen molar-refractivity contribution >= 4 is 75.2 Å². The zero-order valence-corrected chi connectivity index (χ0v) is 37.3. The molecule has 0 aliphatic carbocycles. The second-order valence-electron chi connectivity index (χ2n) is 11.1. The van der Waals surface area contributed by atoms with Crippen LogP contribution in [0, 0.1) is 5.41 Å². The zero-order valence-electron chi connectivity index (χ0n) is 31.8. The number of halogens is 5. The highest BCUT2D eigenvalue weighted by atomic mass is 35.5. The fraction of sp³-hybridized carbons (Fsp3) is 0.368. The first-order chi connectivity index (χ1) is 27.3. The molecule has 0 amide bonds. The van der Waals surface area contributed by atoms with Crippen LogP contribution >= 0.6 is 75.2 Å². The number of aromatic hydroxyl groups is 1. The minimum atomic E-state index is -1.59. The van der Waals surface area contributed by atoms with Crippen molar-refractivity contribution in [2.45, 2.75) is 33.8 Å². The molecule has 12 nitrogen and oxygen atoms in total. The maximum absolute atomic E-state index is 9.20. The van der Waals surface area contributed by atoms with E-state index >= 15 is 0 Å². The first kappa shape index (κ1) is 53.1. The lowest BCUT2D eigenvalue weighted by Crippen LogP contribution is -2.37. The van der Waals surface area contributed by atoms with Crippen molar-refractivity contribution in [1.82, 2.24) is 0 Å². The van der Waals surface area contributed by atoms with Gasteiger partial charge in [0.2, 0.25) is 0 Å². The van der Waals surface area contributed by atoms with Crippen LogP contribution in [-0.4, -0.2) is 84.5 Å². The third-order valence-corrected chi connectivity index (χ3v) is 11.2. The Morgan fingerprint density at radius 2 is 0.807 bits per heavy atom. The van der Waals surface area contributed by atoms with Gasteiger partial charge >= 0.3 is 17.2 Å². The Bertz CT molecular complexity index is 1380. The largest absolute Gasteiger partial charge is 0.530 e. The maximum atomic E-state index is 9.20. The lowest BCUT2D eigenvalue weighted by Gasteiger charge is -2.23. The van der Waals surface area contributed by atoms with Crippen LogP contribution in [0.5, 0.6) is 23.0 Å². The van der Waals surface area contributed by atoms with Gasteiger partial charge in [-0.2, -0.15) is 0 Å². The number of para-hydroxylation sites is 3. The zero-order chi connectivity index (χ0) is 42.6. The normalized spacial score (nSPS) is 12.7. The number of aliphatic hydroxyl groups excluding tert-OH is 4. The fourth-order valence-corrected chi connectivity index (χ4v) is 6.15. The molecule has 0 aromatic heterocycles. The van der Waals surface area contributed by atoms with E-state index in [1.807, 2.05) is 112 Å². The van der Waals surface area contributed by atoms with E-state index < -0.39 is 49.0 Å². The standard InChI is InChI=1S/C18H15O3P.C6HCl5O.C6H15O3P.C5H12O4.C3H6O/c1-4-10-16(11-5-1)19-22(20-17-12-6-2-7-13-17)21-18-14-8-3-9-15-18;7-1-2(8)4(10)6(12)5(11)3(1)9;1-4-7-10(8-5-2)9-6-3;6-1-5(2-7,3-8)4-9;1-3-2-4-3/h1-15H;12H;4-6H2,1-3H3;6-9H,1-4H2;3H,2H2,1H3. The van der Waals surface area contributed by atoms with Crippen LogP contribution < -0.4 is 13.6 Å². The van der Waals surface area contributed by atoms with Gasteiger partial charge in [0.05, 0.1) is 79.4 Å². The van der Waals surface area contributed by atoms with Gasteiger partial charge in [0.25, 0.3) is 0 Å². The van der Waals surface area contributed by atoms with E-state index in [1.54, 1.807) is 0 Å². The quantitative estimate of drug-likeness (QED) is 0.0312. The molecule has 1 fully saturated rings. The summed E-state index contributed by atoms with van der Waals surface area (Å²) >= 11 is 27.9. The predicted octanol–water partition coefficient (Wildman–Crippen LogP) is 10.8. The van der Waals surface area contributed by atoms with Crippen LogP contribution in [0.25, 0.3) is 0 Å². The molecule has 0 saturated carbocycles. The number of phenolic OH excluding ortho intramolecular Hbond substituents is 1. The first-order valence-electron chi connectivity index (χ1n) is 17.3. The Balaban J connectivity index is 0.000000395. The van der Waals surface area contributed by atoms with Crippen molar-refractivity contribution in [3.05, 3.63) is 116 Å². The van der Waals surface area contributed by atoms with Gasteiger partial charge in [0, 0.05) is 0 Å². The Kier molecular flexibility index (Phi) is 28.9. The number of rotatable bonds is 16. The average Bonchev–Trinajstić information content (AvgIpc) is 4.04. The summed E-state index contributed by atoms with van der Waals surface area (Å²) in [7, 11) is -2.65. The number of hydrogen-bond acceptors (Lipinski definition) is 12. The van der Waals surface area contributed by atoms with Crippen LogP contribution in [0.1, 0.15) is 27.7 Å². The molecule has 1 aliphatic heterocycles. The van der Waals surface area contributed by atoms with E-state index in [9.17, 15) is 5.11 Å². The van der Waals surface area contributed by atoms with Gasteiger partial charge in [0.15, 0.2) is 5.75 Å². The van der Waals surface area contributed by atoms with E-state index in [2.05, 4.69) is 6.92 Å². The summed E-state index contributed by atoms with van der Waals surface area (Å²) in [5.41, 5.74) is -1.11. The molecule has 1 atom stereocenters. The Labute approximate surface area is 362 Å². The Morgan fingerprint density at radius 3 is 1.02 bits per heavy atom. The highest BCUT2D eigenvalue weighted by Gasteiger charge is 2.26. The summed E-state index contributed by atoms with van der Waals surface area (Å²) in [6.07, 6.45) is 0.583. The summed E-state index contributed by atoms with van der Waals surface area (Å²) in [6, 6.07) is 28.5. The molecule has 0 bridgehead atoms. The SMILES string of the molecule is CC1CO1.CCOP(OCC)OCC.OCC(CO)(CO)CO.Oc1c(Cl)c(Cl)c(Cl)c(Cl)c1Cl.c1ccc(OP(Oc2ccccc2)Oc2ccccc2)cc1. The maximum Gasteiger partial charge on any atom is 0.530 e. The van der Waals surface area contributed by atoms with Crippen molar-refractivity contribution in [2.75, 3.05) is 52.9 Å². The number of aliphatic hydroxyl groups is 4. The minimum Gasteiger partial charge on any atom is -0.505 e. The first-order valence-corrected chi connectivity index (χ1v) is 21.4. The van der Waals surface area contributed by atoms with E-state index in [-0.39, 0.29) is 30.9 Å². The van der Waals surface area contributed by atoms with Crippen LogP contribution in [0.4, 0.5) is 0 Å². The van der Waals surface area contributed by atoms with Gasteiger partial charge in [-0.15, -0.1) is 0 Å². The predicted molar refractivity (Wildman–Crippen MR) is 229 cm³/mol. The second-order valence-corrected chi connectivity index (χ2v) is 15.2. The lowest BCUT2D eigenvalue weighted by atomic mass is 9.93. The fourth-order valence-electron chi connectivity index (χ4n) is 3.18. The van der Waals surface area contributed by atoms with Crippen LogP contribution in [0.15, 0.2) is 91.0 Å². The minimum absolute atomic E-state index is 0.00904. The smallest absolute Gasteiger partial charge is 0.505 e. The second kappa shape index (κ2) is 31.0. The van der Waals surface area contributed by atoms with Gasteiger partial charge in [0.1, 0.15) is 27.3 Å². The third kappa shape index (κ3) is 21.8. The highest BCUT2D eigenvalue weighted by molar-refractivity contribution is 7.43. The molecular formula is C38H49Cl5O12P2. The van der Waals surface area contributed by atoms with Gasteiger partial charge < -0.3 is 57.4 Å². The van der Waals surface area contributed by atoms with E-state index in [0.717, 1.165) is 6.61 Å². The molecule has 1 saturated heterocycles. The summed E-state index contributed by atoms with van der Waals surface area (Å²) < 4.78 is 37.7. The molecule has 5 N–H and O–H groups in total. The number of epoxide rings is 1. The van der Waals surface area contributed by atoms with Crippen molar-refractivity contribution in [1.29, 1.82) is 0 Å². The van der Waals surface area contributed by atoms with Crippen molar-refractivity contribution < 1.29 is 57.4 Å². The Hall–Kier alpha value is -1.93. The molecule has 4 aromatic rings. The molecule has 0 radical (unpaired) electrons. The van der Waals surface area contributed by atoms with Crippen molar-refractivity contribution in [3.63, 3.8) is 0 Å². The number of ether oxygens (including phenoxy) is 1. The molecule has 0 spiro atoms. The van der Waals surface area contributed by atoms with Crippen LogP contribution in [0.3, 0.4) is 0 Å². The van der Waals surface area contributed by atoms with E-state index in [1.165, 1.54) is 0 Å². The molecule has 1 aliphatic rings. The number of hydrogen-bond donors (Lipinski definition) is 5. The van der Waals surface area contributed by atoms with E-state index in [4.69, 9.17) is 110 Å². The Morgan fingerprint density at radius 1 is 0.544 bits per heavy atom. The van der Waals surface area contributed by atoms with Crippen molar-refractivity contribution in [2.24, 2.45) is 5.41 Å². The molecule has 4 aromatic carbocycles. The summed E-state index contributed by atoms with van der Waals surface area (Å²) in [4.78, 5) is 0. The van der Waals surface area contributed by atoms with Crippen LogP contribution in [-0.2, 0) is 18.3 Å². The van der Waals surface area contributed by atoms with Crippen LogP contribution in [0.2, 0.25) is 25.1 Å². The molecule has 19 heteroatoms. The van der Waals surface area contributed by atoms with Gasteiger partial charge in [-0.3, -0.25) is 0 Å². The molecule has 1 heterocycles. The molecule has 5 rings (SSSR count). The van der Waals surface area contributed by atoms with E-state index in [0.29, 0.717) is 43.2 Å². The molecular weight excluding hydrogens is 888 g/mol.